The molecule has 6 heteroatoms. The molecular formula is C13H7ClF2N2S. The van der Waals surface area contributed by atoms with Crippen molar-refractivity contribution in [1.82, 2.24) is 9.55 Å². The molecule has 1 aromatic heterocycles. The van der Waals surface area contributed by atoms with Gasteiger partial charge in [0.25, 0.3) is 0 Å². The molecule has 0 aliphatic heterocycles. The maximum atomic E-state index is 13.3. The number of fused-ring (bicyclic) bond motifs is 1. The maximum absolute atomic E-state index is 13.3. The number of hydrogen-bond acceptors (Lipinski definition) is 1. The van der Waals surface area contributed by atoms with Crippen LogP contribution in [0.2, 0.25) is 5.02 Å². The van der Waals surface area contributed by atoms with Crippen molar-refractivity contribution in [3.8, 4) is 5.69 Å². The van der Waals surface area contributed by atoms with Crippen molar-refractivity contribution in [2.45, 2.75) is 0 Å². The first-order chi connectivity index (χ1) is 9.06. The third kappa shape index (κ3) is 2.05. The van der Waals surface area contributed by atoms with Crippen LogP contribution >= 0.6 is 23.8 Å². The Morgan fingerprint density at radius 1 is 1.11 bits per heavy atom. The van der Waals surface area contributed by atoms with E-state index in [0.29, 0.717) is 26.5 Å². The zero-order valence-electron chi connectivity index (χ0n) is 9.45. The molecule has 0 unspecified atom stereocenters. The molecule has 96 valence electrons. The summed E-state index contributed by atoms with van der Waals surface area (Å²) in [5, 5.41) is 0.453. The predicted molar refractivity (Wildman–Crippen MR) is 73.4 cm³/mol. The highest BCUT2D eigenvalue weighted by molar-refractivity contribution is 7.71. The lowest BCUT2D eigenvalue weighted by atomic mass is 10.2. The maximum Gasteiger partial charge on any atom is 0.182 e. The molecule has 2 aromatic carbocycles. The molecule has 0 radical (unpaired) electrons. The highest BCUT2D eigenvalue weighted by atomic mass is 35.5. The van der Waals surface area contributed by atoms with E-state index < -0.39 is 11.6 Å². The van der Waals surface area contributed by atoms with Crippen molar-refractivity contribution in [3.05, 3.63) is 57.8 Å². The summed E-state index contributed by atoms with van der Waals surface area (Å²) in [6.07, 6.45) is 0. The lowest BCUT2D eigenvalue weighted by Gasteiger charge is -2.06. The second-order valence-electron chi connectivity index (χ2n) is 4.03. The Kier molecular flexibility index (Phi) is 2.88. The van der Waals surface area contributed by atoms with Crippen molar-refractivity contribution in [3.63, 3.8) is 0 Å². The smallest absolute Gasteiger partial charge is 0.182 e. The van der Waals surface area contributed by atoms with Crippen LogP contribution in [0.15, 0.2) is 36.4 Å². The minimum Gasteiger partial charge on any atom is -0.330 e. The summed E-state index contributed by atoms with van der Waals surface area (Å²) in [7, 11) is 0. The molecule has 1 N–H and O–H groups in total. The van der Waals surface area contributed by atoms with Gasteiger partial charge in [-0.2, -0.15) is 0 Å². The lowest BCUT2D eigenvalue weighted by molar-refractivity contribution is 0.581. The first kappa shape index (κ1) is 12.3. The van der Waals surface area contributed by atoms with Gasteiger partial charge in [0.1, 0.15) is 11.6 Å². The number of nitrogens with zero attached hydrogens (tertiary/aromatic N) is 1. The predicted octanol–water partition coefficient (Wildman–Crippen LogP) is 4.62. The molecule has 3 rings (SSSR count). The number of aromatic nitrogens is 2. The fraction of sp³-hybridized carbons (Fsp3) is 0. The number of halogens is 3. The standard InChI is InChI=1S/C13H7ClF2N2S/c14-10-2-1-3-11-12(10)18(13(19)17-11)9-5-7(15)4-8(16)6-9/h1-6H,(H,17,19). The molecule has 3 aromatic rings. The summed E-state index contributed by atoms with van der Waals surface area (Å²) < 4.78 is 28.5. The summed E-state index contributed by atoms with van der Waals surface area (Å²) in [5.74, 6) is -1.34. The Morgan fingerprint density at radius 2 is 1.79 bits per heavy atom. The van der Waals surface area contributed by atoms with E-state index in [0.717, 1.165) is 6.07 Å². The molecule has 1 heterocycles. The SMILES string of the molecule is Fc1cc(F)cc(-n2c(=S)[nH]c3cccc(Cl)c32)c1. The molecule has 0 amide bonds. The normalized spacial score (nSPS) is 11.1. The third-order valence-electron chi connectivity index (χ3n) is 2.76. The summed E-state index contributed by atoms with van der Waals surface area (Å²) in [6.45, 7) is 0. The minimum atomic E-state index is -0.668. The molecule has 0 fully saturated rings. The van der Waals surface area contributed by atoms with Gasteiger partial charge in [0.05, 0.1) is 21.7 Å². The summed E-state index contributed by atoms with van der Waals surface area (Å²) in [6, 6.07) is 8.48. The quantitative estimate of drug-likeness (QED) is 0.650. The monoisotopic (exact) mass is 296 g/mol. The molecule has 0 spiro atoms. The van der Waals surface area contributed by atoms with Gasteiger partial charge in [-0.25, -0.2) is 8.78 Å². The van der Waals surface area contributed by atoms with Crippen molar-refractivity contribution in [2.24, 2.45) is 0 Å². The van der Waals surface area contributed by atoms with Gasteiger partial charge in [-0.15, -0.1) is 0 Å². The molecule has 0 saturated carbocycles. The van der Waals surface area contributed by atoms with Gasteiger partial charge in [-0.3, -0.25) is 4.57 Å². The van der Waals surface area contributed by atoms with Crippen LogP contribution in [0.25, 0.3) is 16.7 Å². The first-order valence-corrected chi connectivity index (χ1v) is 6.20. The zero-order chi connectivity index (χ0) is 13.6. The Labute approximate surface area is 117 Å². The fourth-order valence-corrected chi connectivity index (χ4v) is 2.60. The number of aromatic amines is 1. The largest absolute Gasteiger partial charge is 0.330 e. The fourth-order valence-electron chi connectivity index (χ4n) is 2.03. The van der Waals surface area contributed by atoms with E-state index >= 15 is 0 Å². The van der Waals surface area contributed by atoms with Gasteiger partial charge in [-0.1, -0.05) is 17.7 Å². The molecule has 0 atom stereocenters. The van der Waals surface area contributed by atoms with Gasteiger partial charge in [-0.05, 0) is 36.5 Å². The minimum absolute atomic E-state index is 0.293. The van der Waals surface area contributed by atoms with Crippen LogP contribution in [0.5, 0.6) is 0 Å². The van der Waals surface area contributed by atoms with Crippen LogP contribution in [-0.2, 0) is 0 Å². The van der Waals surface area contributed by atoms with E-state index in [-0.39, 0.29) is 0 Å². The van der Waals surface area contributed by atoms with Gasteiger partial charge in [0, 0.05) is 6.07 Å². The number of para-hydroxylation sites is 1. The first-order valence-electron chi connectivity index (χ1n) is 5.42. The Hall–Kier alpha value is -1.72. The third-order valence-corrected chi connectivity index (χ3v) is 3.35. The molecule has 0 bridgehead atoms. The molecule has 0 aliphatic rings. The van der Waals surface area contributed by atoms with Gasteiger partial charge >= 0.3 is 0 Å². The lowest BCUT2D eigenvalue weighted by Crippen LogP contribution is -1.96. The Morgan fingerprint density at radius 3 is 2.47 bits per heavy atom. The highest BCUT2D eigenvalue weighted by Gasteiger charge is 2.11. The van der Waals surface area contributed by atoms with E-state index in [1.165, 1.54) is 16.7 Å². The van der Waals surface area contributed by atoms with Crippen LogP contribution < -0.4 is 0 Å². The average Bonchev–Trinajstić information content (AvgIpc) is 2.65. The van der Waals surface area contributed by atoms with E-state index in [2.05, 4.69) is 4.98 Å². The van der Waals surface area contributed by atoms with E-state index in [1.54, 1.807) is 18.2 Å². The number of nitrogens with one attached hydrogen (secondary N) is 1. The van der Waals surface area contributed by atoms with Gasteiger partial charge in [0.2, 0.25) is 0 Å². The Balaban J connectivity index is 2.42. The summed E-state index contributed by atoms with van der Waals surface area (Å²) >= 11 is 11.3. The number of H-pyrrole nitrogens is 1. The topological polar surface area (TPSA) is 20.7 Å². The highest BCUT2D eigenvalue weighted by Crippen LogP contribution is 2.27. The van der Waals surface area contributed by atoms with E-state index in [1.807, 2.05) is 0 Å². The molecule has 0 saturated heterocycles. The van der Waals surface area contributed by atoms with Crippen molar-refractivity contribution >= 4 is 34.9 Å². The molecule has 0 aliphatic carbocycles. The van der Waals surface area contributed by atoms with Crippen LogP contribution in [0.3, 0.4) is 0 Å². The summed E-state index contributed by atoms with van der Waals surface area (Å²) in [5.41, 5.74) is 1.60. The van der Waals surface area contributed by atoms with Crippen molar-refractivity contribution in [2.75, 3.05) is 0 Å². The average molecular weight is 297 g/mol. The molecule has 2 nitrogen and oxygen atoms in total. The van der Waals surface area contributed by atoms with Gasteiger partial charge < -0.3 is 4.98 Å². The van der Waals surface area contributed by atoms with E-state index in [4.69, 9.17) is 23.8 Å². The molecule has 19 heavy (non-hydrogen) atoms. The number of imidazole rings is 1. The second kappa shape index (κ2) is 4.43. The Bertz CT molecular complexity index is 818. The van der Waals surface area contributed by atoms with E-state index in [9.17, 15) is 8.78 Å². The van der Waals surface area contributed by atoms with Gasteiger partial charge in [0.15, 0.2) is 4.77 Å². The van der Waals surface area contributed by atoms with Crippen molar-refractivity contribution < 1.29 is 8.78 Å². The second-order valence-corrected chi connectivity index (χ2v) is 4.82. The van der Waals surface area contributed by atoms with Crippen LogP contribution in [0.4, 0.5) is 8.78 Å². The molecular weight excluding hydrogens is 290 g/mol. The summed E-state index contributed by atoms with van der Waals surface area (Å²) in [4.78, 5) is 2.95. The number of hydrogen-bond donors (Lipinski definition) is 1. The van der Waals surface area contributed by atoms with Crippen molar-refractivity contribution in [1.29, 1.82) is 0 Å². The number of rotatable bonds is 1. The van der Waals surface area contributed by atoms with Crippen LogP contribution in [-0.4, -0.2) is 9.55 Å². The zero-order valence-corrected chi connectivity index (χ0v) is 11.0. The van der Waals surface area contributed by atoms with Crippen LogP contribution in [0, 0.1) is 16.4 Å². The number of benzene rings is 2. The van der Waals surface area contributed by atoms with Crippen LogP contribution in [0.1, 0.15) is 0 Å².